The van der Waals surface area contributed by atoms with Crippen LogP contribution in [0.1, 0.15) is 0 Å². The van der Waals surface area contributed by atoms with Crippen molar-refractivity contribution >= 4 is 67.8 Å². The second-order valence-corrected chi connectivity index (χ2v) is 1.75. The van der Waals surface area contributed by atoms with Gasteiger partial charge in [0.25, 0.3) is 0 Å². The van der Waals surface area contributed by atoms with Gasteiger partial charge in [0.1, 0.15) is 0 Å². The molecular formula is HBaO2PS. The third-order valence-electron chi connectivity index (χ3n) is 0. The Labute approximate surface area is 76.2 Å². The van der Waals surface area contributed by atoms with Crippen LogP contribution >= 0.6 is 7.15 Å². The van der Waals surface area contributed by atoms with Crippen LogP contribution < -0.4 is 9.79 Å². The molecule has 0 aromatic heterocycles. The van der Waals surface area contributed by atoms with Crippen molar-refractivity contribution in [1.82, 2.24) is 0 Å². The van der Waals surface area contributed by atoms with Crippen LogP contribution in [0, 0.1) is 0 Å². The molecule has 0 rings (SSSR count). The van der Waals surface area contributed by atoms with Crippen LogP contribution in [0.3, 0.4) is 0 Å². The summed E-state index contributed by atoms with van der Waals surface area (Å²) in [6, 6.07) is 0. The summed E-state index contributed by atoms with van der Waals surface area (Å²) >= 11 is 3.61. The van der Waals surface area contributed by atoms with Crippen LogP contribution in [0.5, 0.6) is 0 Å². The summed E-state index contributed by atoms with van der Waals surface area (Å²) in [4.78, 5) is 17.8. The third kappa shape index (κ3) is 23.0. The second-order valence-electron chi connectivity index (χ2n) is 0.250. The Morgan fingerprint density at radius 3 is 1.40 bits per heavy atom. The third-order valence-corrected chi connectivity index (χ3v) is 0. The molecule has 0 N–H and O–H groups in total. The first-order chi connectivity index (χ1) is 1.73. The molecule has 0 saturated heterocycles. The molecule has 5 heavy (non-hydrogen) atoms. The van der Waals surface area contributed by atoms with E-state index in [1.165, 1.54) is 0 Å². The molecule has 26 valence electrons. The largest absolute Gasteiger partial charge is 2.00 e. The predicted octanol–water partition coefficient (Wildman–Crippen LogP) is -2.17. The first kappa shape index (κ1) is 10.2. The summed E-state index contributed by atoms with van der Waals surface area (Å²) in [5.41, 5.74) is 0. The van der Waals surface area contributed by atoms with Crippen LogP contribution in [0.15, 0.2) is 0 Å². The van der Waals surface area contributed by atoms with Gasteiger partial charge in [-0.25, -0.2) is 7.15 Å². The van der Waals surface area contributed by atoms with Gasteiger partial charge in [0.15, 0.2) is 0 Å². The van der Waals surface area contributed by atoms with E-state index in [0.29, 0.717) is 0 Å². The molecule has 0 unspecified atom stereocenters. The van der Waals surface area contributed by atoms with Crippen LogP contribution in [-0.4, -0.2) is 48.9 Å². The summed E-state index contributed by atoms with van der Waals surface area (Å²) in [6.45, 7) is 0. The molecule has 0 fully saturated rings. The maximum atomic E-state index is 8.89. The molecule has 0 aromatic carbocycles. The molecule has 2 nitrogen and oxygen atoms in total. The quantitative estimate of drug-likeness (QED) is 0.353. The summed E-state index contributed by atoms with van der Waals surface area (Å²) in [7, 11) is -2.80. The normalized spacial score (nSPS) is 7.00. The summed E-state index contributed by atoms with van der Waals surface area (Å²) in [5.74, 6) is 0. The fourth-order valence-corrected chi connectivity index (χ4v) is 0. The molecule has 0 aliphatic heterocycles. The van der Waals surface area contributed by atoms with Crippen LogP contribution in [-0.2, 0) is 11.8 Å². The van der Waals surface area contributed by atoms with Gasteiger partial charge in [0.2, 0.25) is 0 Å². The van der Waals surface area contributed by atoms with Crippen molar-refractivity contribution in [3.8, 4) is 0 Å². The van der Waals surface area contributed by atoms with E-state index in [9.17, 15) is 0 Å². The smallest absolute Gasteiger partial charge is 0.835 e. The molecule has 0 radical (unpaired) electrons. The zero-order valence-corrected chi connectivity index (χ0v) is 8.69. The molecule has 0 bridgehead atoms. The number of hydrogen-bond acceptors (Lipinski definition) is 3. The first-order valence-corrected chi connectivity index (χ1v) is 3.06. The van der Waals surface area contributed by atoms with E-state index in [1.807, 2.05) is 0 Å². The standard InChI is InChI=1S/Ba.H3O2PS/c;1-3(2)4/h;3H,(H2,1,2,4)/q+2;/p-2. The van der Waals surface area contributed by atoms with Crippen molar-refractivity contribution in [2.45, 2.75) is 0 Å². The summed E-state index contributed by atoms with van der Waals surface area (Å²) in [5, 5.41) is 0. The molecule has 0 amide bonds. The van der Waals surface area contributed by atoms with Gasteiger partial charge in [0, 0.05) is 0 Å². The Hall–Kier alpha value is 2.14. The van der Waals surface area contributed by atoms with E-state index in [1.54, 1.807) is 0 Å². The monoisotopic (exact) mass is 234 g/mol. The fourth-order valence-electron chi connectivity index (χ4n) is 0. The van der Waals surface area contributed by atoms with E-state index in [2.05, 4.69) is 11.8 Å². The van der Waals surface area contributed by atoms with Gasteiger partial charge >= 0.3 is 48.9 Å². The predicted molar refractivity (Wildman–Crippen MR) is 21.4 cm³/mol. The van der Waals surface area contributed by atoms with Gasteiger partial charge in [-0.2, -0.15) is 0 Å². The van der Waals surface area contributed by atoms with Crippen LogP contribution in [0.25, 0.3) is 0 Å². The Balaban J connectivity index is 0. The van der Waals surface area contributed by atoms with Crippen LogP contribution in [0.4, 0.5) is 0 Å². The van der Waals surface area contributed by atoms with Crippen molar-refractivity contribution in [3.05, 3.63) is 0 Å². The van der Waals surface area contributed by atoms with E-state index in [4.69, 9.17) is 9.79 Å². The molecule has 5 heteroatoms. The van der Waals surface area contributed by atoms with Crippen molar-refractivity contribution in [2.75, 3.05) is 0 Å². The Morgan fingerprint density at radius 1 is 1.40 bits per heavy atom. The summed E-state index contributed by atoms with van der Waals surface area (Å²) < 4.78 is 0. The molecular weight excluding hydrogens is 232 g/mol. The fraction of sp³-hybridized carbons (Fsp3) is 0. The summed E-state index contributed by atoms with van der Waals surface area (Å²) in [6.07, 6.45) is 0. The zero-order valence-electron chi connectivity index (χ0n) is 2.43. The Morgan fingerprint density at radius 2 is 1.40 bits per heavy atom. The van der Waals surface area contributed by atoms with E-state index >= 15 is 0 Å². The number of hydrogen-bond donors (Lipinski definition) is 0. The molecule has 0 aliphatic carbocycles. The van der Waals surface area contributed by atoms with Gasteiger partial charge in [-0.1, -0.05) is 0 Å². The van der Waals surface area contributed by atoms with Gasteiger partial charge < -0.3 is 9.79 Å². The van der Waals surface area contributed by atoms with E-state index < -0.39 is 7.15 Å². The van der Waals surface area contributed by atoms with Crippen molar-refractivity contribution in [2.24, 2.45) is 0 Å². The maximum absolute atomic E-state index is 8.89. The molecule has 0 aromatic rings. The molecule has 0 spiro atoms. The minimum atomic E-state index is -2.80. The average molecular weight is 233 g/mol. The topological polar surface area (TPSA) is 46.1 Å². The molecule has 0 aliphatic rings. The van der Waals surface area contributed by atoms with Crippen molar-refractivity contribution in [1.29, 1.82) is 0 Å². The minimum absolute atomic E-state index is 0. The minimum Gasteiger partial charge on any atom is -0.835 e. The number of rotatable bonds is 0. The van der Waals surface area contributed by atoms with E-state index in [-0.39, 0.29) is 48.9 Å². The van der Waals surface area contributed by atoms with E-state index in [0.717, 1.165) is 0 Å². The SMILES string of the molecule is [Ba+2].[O-][PH]([O-])=S. The Kier molecular flexibility index (Phi) is 12.5. The van der Waals surface area contributed by atoms with Crippen molar-refractivity contribution in [3.63, 3.8) is 0 Å². The average Bonchev–Trinajstić information content (AvgIpc) is 0.811. The zero-order chi connectivity index (χ0) is 3.58. The molecule has 0 saturated carbocycles. The van der Waals surface area contributed by atoms with Crippen LogP contribution in [0.2, 0.25) is 0 Å². The van der Waals surface area contributed by atoms with Gasteiger partial charge in [-0.3, -0.25) is 0 Å². The molecule has 0 atom stereocenters. The first-order valence-electron chi connectivity index (χ1n) is 0.612. The second kappa shape index (κ2) is 6.14. The van der Waals surface area contributed by atoms with Gasteiger partial charge in [-0.15, -0.1) is 11.8 Å². The van der Waals surface area contributed by atoms with Gasteiger partial charge in [-0.05, 0) is 0 Å². The molecule has 0 heterocycles. The Bertz CT molecular complexity index is 32.6. The van der Waals surface area contributed by atoms with Gasteiger partial charge in [0.05, 0.1) is 0 Å². The maximum Gasteiger partial charge on any atom is 2.00 e. The van der Waals surface area contributed by atoms with Crippen molar-refractivity contribution < 1.29 is 9.79 Å².